The standard InChI is InChI=1S/C14H17F3O2/c1-10(18)11-6-5-7-12(13(11)15)14(16,17)8-3-4-9-19-2/h5-7H,3-4,8-9H2,1-2H3. The van der Waals surface area contributed by atoms with E-state index in [0.29, 0.717) is 13.0 Å². The molecule has 0 heterocycles. The van der Waals surface area contributed by atoms with Crippen LogP contribution in [0.3, 0.4) is 0 Å². The molecule has 0 bridgehead atoms. The fraction of sp³-hybridized carbons (Fsp3) is 0.500. The second kappa shape index (κ2) is 6.70. The molecule has 0 aliphatic carbocycles. The van der Waals surface area contributed by atoms with Gasteiger partial charge in [0.1, 0.15) is 5.82 Å². The number of unbranched alkanes of at least 4 members (excludes halogenated alkanes) is 1. The van der Waals surface area contributed by atoms with Gasteiger partial charge in [0, 0.05) is 20.1 Å². The molecule has 0 atom stereocenters. The SMILES string of the molecule is COCCCCC(F)(F)c1cccc(C(C)=O)c1F. The minimum absolute atomic E-state index is 0.227. The summed E-state index contributed by atoms with van der Waals surface area (Å²) in [7, 11) is 1.49. The van der Waals surface area contributed by atoms with Gasteiger partial charge >= 0.3 is 0 Å². The largest absolute Gasteiger partial charge is 0.385 e. The first kappa shape index (κ1) is 15.7. The van der Waals surface area contributed by atoms with E-state index in [4.69, 9.17) is 4.74 Å². The van der Waals surface area contributed by atoms with Gasteiger partial charge < -0.3 is 4.74 Å². The zero-order valence-corrected chi connectivity index (χ0v) is 11.0. The highest BCUT2D eigenvalue weighted by Gasteiger charge is 2.34. The van der Waals surface area contributed by atoms with E-state index >= 15 is 0 Å². The van der Waals surface area contributed by atoms with Crippen LogP contribution in [-0.2, 0) is 10.7 Å². The Hall–Kier alpha value is -1.36. The normalized spacial score (nSPS) is 11.6. The Morgan fingerprint density at radius 3 is 2.58 bits per heavy atom. The van der Waals surface area contributed by atoms with Crippen molar-refractivity contribution < 1.29 is 22.7 Å². The summed E-state index contributed by atoms with van der Waals surface area (Å²) in [6.07, 6.45) is 0.249. The highest BCUT2D eigenvalue weighted by molar-refractivity contribution is 5.94. The Morgan fingerprint density at radius 2 is 2.00 bits per heavy atom. The average molecular weight is 274 g/mol. The van der Waals surface area contributed by atoms with E-state index in [9.17, 15) is 18.0 Å². The van der Waals surface area contributed by atoms with E-state index in [0.717, 1.165) is 13.0 Å². The van der Waals surface area contributed by atoms with Crippen molar-refractivity contribution in [3.8, 4) is 0 Å². The molecule has 0 N–H and O–H groups in total. The van der Waals surface area contributed by atoms with E-state index in [1.54, 1.807) is 0 Å². The highest BCUT2D eigenvalue weighted by atomic mass is 19.3. The molecule has 0 aliphatic heterocycles. The van der Waals surface area contributed by atoms with Crippen LogP contribution in [0.4, 0.5) is 13.2 Å². The van der Waals surface area contributed by atoms with Gasteiger partial charge in [-0.2, -0.15) is 0 Å². The Balaban J connectivity index is 2.88. The maximum Gasteiger partial charge on any atom is 0.276 e. The van der Waals surface area contributed by atoms with Crippen LogP contribution in [0.2, 0.25) is 0 Å². The number of ether oxygens (including phenoxy) is 1. The second-order valence-electron chi connectivity index (χ2n) is 4.38. The number of halogens is 3. The topological polar surface area (TPSA) is 26.3 Å². The molecule has 19 heavy (non-hydrogen) atoms. The first-order valence-corrected chi connectivity index (χ1v) is 6.07. The molecule has 0 fully saturated rings. The maximum atomic E-state index is 13.9. The molecule has 0 saturated carbocycles. The van der Waals surface area contributed by atoms with E-state index in [1.807, 2.05) is 0 Å². The minimum Gasteiger partial charge on any atom is -0.385 e. The molecule has 0 aromatic heterocycles. The number of Topliss-reactive ketones (excluding diaryl/α,β-unsaturated/α-hetero) is 1. The molecule has 0 amide bonds. The predicted molar refractivity (Wildman–Crippen MR) is 66.0 cm³/mol. The second-order valence-corrected chi connectivity index (χ2v) is 4.38. The summed E-state index contributed by atoms with van der Waals surface area (Å²) >= 11 is 0. The van der Waals surface area contributed by atoms with Crippen LogP contribution in [-0.4, -0.2) is 19.5 Å². The number of carbonyl (C=O) groups is 1. The fourth-order valence-electron chi connectivity index (χ4n) is 1.81. The lowest BCUT2D eigenvalue weighted by Crippen LogP contribution is -2.17. The summed E-state index contributed by atoms with van der Waals surface area (Å²) < 4.78 is 46.4. The molecule has 1 rings (SSSR count). The quantitative estimate of drug-likeness (QED) is 0.556. The van der Waals surface area contributed by atoms with Gasteiger partial charge in [-0.05, 0) is 25.8 Å². The third-order valence-electron chi connectivity index (χ3n) is 2.86. The number of carbonyl (C=O) groups excluding carboxylic acids is 1. The number of alkyl halides is 2. The minimum atomic E-state index is -3.27. The molecule has 0 radical (unpaired) electrons. The summed E-state index contributed by atoms with van der Waals surface area (Å²) in [6, 6.07) is 3.51. The van der Waals surface area contributed by atoms with Crippen LogP contribution < -0.4 is 0 Å². The number of hydrogen-bond acceptors (Lipinski definition) is 2. The molecule has 106 valence electrons. The first-order chi connectivity index (χ1) is 8.90. The van der Waals surface area contributed by atoms with E-state index < -0.39 is 29.5 Å². The molecule has 2 nitrogen and oxygen atoms in total. The van der Waals surface area contributed by atoms with Gasteiger partial charge in [0.25, 0.3) is 5.92 Å². The Kier molecular flexibility index (Phi) is 5.54. The lowest BCUT2D eigenvalue weighted by atomic mass is 9.98. The maximum absolute atomic E-state index is 13.9. The summed E-state index contributed by atoms with van der Waals surface area (Å²) in [5.74, 6) is -4.95. The molecular formula is C14H17F3O2. The number of methoxy groups -OCH3 is 1. The van der Waals surface area contributed by atoms with Crippen LogP contribution >= 0.6 is 0 Å². The lowest BCUT2D eigenvalue weighted by molar-refractivity contribution is -0.0202. The van der Waals surface area contributed by atoms with E-state index in [-0.39, 0.29) is 12.0 Å². The van der Waals surface area contributed by atoms with Gasteiger partial charge in [-0.3, -0.25) is 4.79 Å². The first-order valence-electron chi connectivity index (χ1n) is 6.07. The zero-order chi connectivity index (χ0) is 14.5. The summed E-state index contributed by atoms with van der Waals surface area (Å²) in [4.78, 5) is 11.1. The fourth-order valence-corrected chi connectivity index (χ4v) is 1.81. The van der Waals surface area contributed by atoms with Gasteiger partial charge in [-0.25, -0.2) is 13.2 Å². The zero-order valence-electron chi connectivity index (χ0n) is 11.0. The third-order valence-corrected chi connectivity index (χ3v) is 2.86. The van der Waals surface area contributed by atoms with E-state index in [2.05, 4.69) is 0 Å². The van der Waals surface area contributed by atoms with Gasteiger partial charge in [-0.15, -0.1) is 0 Å². The van der Waals surface area contributed by atoms with Crippen LogP contribution in [0.1, 0.15) is 42.1 Å². The molecule has 0 unspecified atom stereocenters. The molecule has 1 aromatic carbocycles. The Morgan fingerprint density at radius 1 is 1.32 bits per heavy atom. The van der Waals surface area contributed by atoms with Crippen molar-refractivity contribution >= 4 is 5.78 Å². The Bertz CT molecular complexity index is 444. The van der Waals surface area contributed by atoms with Crippen LogP contribution in [0, 0.1) is 5.82 Å². The Labute approximate surface area is 110 Å². The lowest BCUT2D eigenvalue weighted by Gasteiger charge is -2.18. The van der Waals surface area contributed by atoms with E-state index in [1.165, 1.54) is 19.2 Å². The van der Waals surface area contributed by atoms with Crippen LogP contribution in [0.5, 0.6) is 0 Å². The molecule has 0 saturated heterocycles. The highest BCUT2D eigenvalue weighted by Crippen LogP contribution is 2.35. The summed E-state index contributed by atoms with van der Waals surface area (Å²) in [5.41, 5.74) is -1.01. The van der Waals surface area contributed by atoms with Crippen molar-refractivity contribution in [3.63, 3.8) is 0 Å². The molecule has 0 aliphatic rings. The van der Waals surface area contributed by atoms with Gasteiger partial charge in [0.15, 0.2) is 5.78 Å². The van der Waals surface area contributed by atoms with Crippen molar-refractivity contribution in [2.75, 3.05) is 13.7 Å². The van der Waals surface area contributed by atoms with Crippen molar-refractivity contribution in [1.82, 2.24) is 0 Å². The number of benzene rings is 1. The number of hydrogen-bond donors (Lipinski definition) is 0. The summed E-state index contributed by atoms with van der Waals surface area (Å²) in [6.45, 7) is 1.55. The van der Waals surface area contributed by atoms with Gasteiger partial charge in [-0.1, -0.05) is 12.1 Å². The molecule has 0 spiro atoms. The number of rotatable bonds is 7. The predicted octanol–water partition coefficient (Wildman–Crippen LogP) is 3.94. The van der Waals surface area contributed by atoms with Crippen molar-refractivity contribution in [2.45, 2.75) is 32.1 Å². The summed E-state index contributed by atoms with van der Waals surface area (Å²) in [5, 5.41) is 0. The van der Waals surface area contributed by atoms with Crippen molar-refractivity contribution in [3.05, 3.63) is 35.1 Å². The van der Waals surface area contributed by atoms with Gasteiger partial charge in [0.05, 0.1) is 11.1 Å². The smallest absolute Gasteiger partial charge is 0.276 e. The molecule has 5 heteroatoms. The van der Waals surface area contributed by atoms with Crippen molar-refractivity contribution in [2.24, 2.45) is 0 Å². The average Bonchev–Trinajstić information content (AvgIpc) is 2.34. The number of ketones is 1. The molecule has 1 aromatic rings. The monoisotopic (exact) mass is 274 g/mol. The third kappa shape index (κ3) is 4.06. The molecular weight excluding hydrogens is 257 g/mol. The van der Waals surface area contributed by atoms with Crippen LogP contribution in [0.15, 0.2) is 18.2 Å². The van der Waals surface area contributed by atoms with Gasteiger partial charge in [0.2, 0.25) is 0 Å². The van der Waals surface area contributed by atoms with Crippen LogP contribution in [0.25, 0.3) is 0 Å². The van der Waals surface area contributed by atoms with Crippen molar-refractivity contribution in [1.29, 1.82) is 0 Å².